The Balaban J connectivity index is 1.82. The molecular formula is C12H20N4O2. The Bertz CT molecular complexity index is 399. The molecule has 1 atom stereocenters. The van der Waals surface area contributed by atoms with Gasteiger partial charge in [0.15, 0.2) is 0 Å². The van der Waals surface area contributed by atoms with Crippen LogP contribution in [0, 0.1) is 6.92 Å². The molecule has 1 amide bonds. The number of hydrogen-bond donors (Lipinski definition) is 1. The summed E-state index contributed by atoms with van der Waals surface area (Å²) in [5.74, 6) is 0.170. The lowest BCUT2D eigenvalue weighted by molar-refractivity contribution is -0.133. The molecule has 0 radical (unpaired) electrons. The third-order valence-corrected chi connectivity index (χ3v) is 3.36. The molecule has 100 valence electrons. The summed E-state index contributed by atoms with van der Waals surface area (Å²) in [5, 5.41) is 10.7. The number of amides is 1. The van der Waals surface area contributed by atoms with Crippen molar-refractivity contribution in [3.8, 4) is 0 Å². The van der Waals surface area contributed by atoms with Gasteiger partial charge in [-0.3, -0.25) is 4.79 Å². The molecule has 1 aliphatic heterocycles. The summed E-state index contributed by atoms with van der Waals surface area (Å²) < 4.78 is 4.62. The van der Waals surface area contributed by atoms with E-state index in [0.29, 0.717) is 6.54 Å². The number of piperidine rings is 1. The Labute approximate surface area is 107 Å². The van der Waals surface area contributed by atoms with Gasteiger partial charge in [0.2, 0.25) is 5.91 Å². The molecule has 0 aliphatic carbocycles. The normalized spacial score (nSPS) is 17.8. The summed E-state index contributed by atoms with van der Waals surface area (Å²) in [6.07, 6.45) is 3.46. The van der Waals surface area contributed by atoms with Crippen LogP contribution >= 0.6 is 0 Å². The quantitative estimate of drug-likeness (QED) is 0.861. The Morgan fingerprint density at radius 1 is 1.39 bits per heavy atom. The summed E-state index contributed by atoms with van der Waals surface area (Å²) in [4.78, 5) is 14.1. The highest BCUT2D eigenvalue weighted by atomic mass is 16.6. The molecule has 0 saturated carbocycles. The van der Waals surface area contributed by atoms with Gasteiger partial charge in [-0.15, -0.1) is 0 Å². The Morgan fingerprint density at radius 3 is 2.72 bits per heavy atom. The molecule has 0 bridgehead atoms. The lowest BCUT2D eigenvalue weighted by Gasteiger charge is -2.29. The highest BCUT2D eigenvalue weighted by Gasteiger charge is 2.22. The van der Waals surface area contributed by atoms with Gasteiger partial charge in [-0.2, -0.15) is 0 Å². The van der Waals surface area contributed by atoms with Crippen molar-refractivity contribution in [2.75, 3.05) is 13.1 Å². The highest BCUT2D eigenvalue weighted by Crippen LogP contribution is 2.10. The van der Waals surface area contributed by atoms with Crippen LogP contribution in [0.2, 0.25) is 0 Å². The fraction of sp³-hybridized carbons (Fsp3) is 0.750. The molecule has 18 heavy (non-hydrogen) atoms. The van der Waals surface area contributed by atoms with Crippen LogP contribution in [0.5, 0.6) is 0 Å². The van der Waals surface area contributed by atoms with Crippen LogP contribution in [0.1, 0.15) is 37.6 Å². The van der Waals surface area contributed by atoms with E-state index in [9.17, 15) is 4.79 Å². The molecule has 6 nitrogen and oxygen atoms in total. The van der Waals surface area contributed by atoms with E-state index in [1.54, 1.807) is 0 Å². The van der Waals surface area contributed by atoms with Crippen molar-refractivity contribution < 1.29 is 9.42 Å². The standard InChI is InChI=1S/C12H20N4O2/c1-9-11(15-18-14-9)8-13-10(2)12(17)16-6-4-3-5-7-16/h10,13H,3-8H2,1-2H3. The first kappa shape index (κ1) is 13.0. The molecule has 1 fully saturated rings. The number of aryl methyl sites for hydroxylation is 1. The number of aromatic nitrogens is 2. The zero-order valence-electron chi connectivity index (χ0n) is 11.0. The van der Waals surface area contributed by atoms with Gasteiger partial charge in [-0.05, 0) is 33.1 Å². The largest absolute Gasteiger partial charge is 0.341 e. The zero-order chi connectivity index (χ0) is 13.0. The summed E-state index contributed by atoms with van der Waals surface area (Å²) >= 11 is 0. The van der Waals surface area contributed by atoms with E-state index in [2.05, 4.69) is 20.3 Å². The first-order valence-corrected chi connectivity index (χ1v) is 6.48. The monoisotopic (exact) mass is 252 g/mol. The van der Waals surface area contributed by atoms with E-state index < -0.39 is 0 Å². The first-order chi connectivity index (χ1) is 8.68. The van der Waals surface area contributed by atoms with Crippen LogP contribution < -0.4 is 5.32 Å². The van der Waals surface area contributed by atoms with Gasteiger partial charge in [0.25, 0.3) is 0 Å². The fourth-order valence-corrected chi connectivity index (χ4v) is 2.14. The molecule has 0 spiro atoms. The number of carbonyl (C=O) groups excluding carboxylic acids is 1. The van der Waals surface area contributed by atoms with E-state index >= 15 is 0 Å². The van der Waals surface area contributed by atoms with Gasteiger partial charge >= 0.3 is 0 Å². The van der Waals surface area contributed by atoms with Gasteiger partial charge < -0.3 is 10.2 Å². The number of carbonyl (C=O) groups is 1. The average molecular weight is 252 g/mol. The van der Waals surface area contributed by atoms with Crippen LogP contribution in [0.4, 0.5) is 0 Å². The van der Waals surface area contributed by atoms with Crippen LogP contribution in [0.25, 0.3) is 0 Å². The van der Waals surface area contributed by atoms with Gasteiger partial charge in [-0.1, -0.05) is 10.3 Å². The molecule has 1 saturated heterocycles. The molecule has 2 rings (SSSR count). The summed E-state index contributed by atoms with van der Waals surface area (Å²) in [7, 11) is 0. The minimum absolute atomic E-state index is 0.170. The smallest absolute Gasteiger partial charge is 0.239 e. The molecule has 1 aliphatic rings. The van der Waals surface area contributed by atoms with Crippen molar-refractivity contribution in [1.29, 1.82) is 0 Å². The number of rotatable bonds is 4. The van der Waals surface area contributed by atoms with Crippen LogP contribution in [0.15, 0.2) is 4.63 Å². The molecule has 6 heteroatoms. The number of hydrogen-bond acceptors (Lipinski definition) is 5. The Hall–Kier alpha value is -1.43. The van der Waals surface area contributed by atoms with Gasteiger partial charge in [0, 0.05) is 19.6 Å². The Kier molecular flexibility index (Phi) is 4.30. The van der Waals surface area contributed by atoms with Crippen LogP contribution in [-0.4, -0.2) is 40.3 Å². The molecular weight excluding hydrogens is 232 g/mol. The first-order valence-electron chi connectivity index (χ1n) is 6.48. The topological polar surface area (TPSA) is 71.3 Å². The van der Waals surface area contributed by atoms with Crippen molar-refractivity contribution in [3.63, 3.8) is 0 Å². The third-order valence-electron chi connectivity index (χ3n) is 3.36. The molecule has 1 aromatic heterocycles. The second-order valence-electron chi connectivity index (χ2n) is 4.78. The third kappa shape index (κ3) is 3.07. The fourth-order valence-electron chi connectivity index (χ4n) is 2.14. The molecule has 0 aromatic carbocycles. The number of likely N-dealkylation sites (tertiary alicyclic amines) is 1. The number of nitrogens with zero attached hydrogens (tertiary/aromatic N) is 3. The zero-order valence-corrected chi connectivity index (χ0v) is 11.0. The van der Waals surface area contributed by atoms with Crippen molar-refractivity contribution in [3.05, 3.63) is 11.4 Å². The Morgan fingerprint density at radius 2 is 2.11 bits per heavy atom. The average Bonchev–Trinajstić information content (AvgIpc) is 2.81. The second-order valence-corrected chi connectivity index (χ2v) is 4.78. The van der Waals surface area contributed by atoms with Crippen molar-refractivity contribution in [1.82, 2.24) is 20.5 Å². The molecule has 1 aromatic rings. The summed E-state index contributed by atoms with van der Waals surface area (Å²) in [5.41, 5.74) is 1.52. The van der Waals surface area contributed by atoms with E-state index in [0.717, 1.165) is 37.3 Å². The summed E-state index contributed by atoms with van der Waals surface area (Å²) in [6, 6.07) is -0.195. The maximum Gasteiger partial charge on any atom is 0.239 e. The highest BCUT2D eigenvalue weighted by molar-refractivity contribution is 5.81. The minimum Gasteiger partial charge on any atom is -0.341 e. The molecule has 2 heterocycles. The van der Waals surface area contributed by atoms with E-state index in [1.165, 1.54) is 6.42 Å². The van der Waals surface area contributed by atoms with E-state index in [4.69, 9.17) is 0 Å². The lowest BCUT2D eigenvalue weighted by atomic mass is 10.1. The maximum atomic E-state index is 12.1. The number of nitrogens with one attached hydrogen (secondary N) is 1. The van der Waals surface area contributed by atoms with Gasteiger partial charge in [0.05, 0.1) is 6.04 Å². The van der Waals surface area contributed by atoms with E-state index in [1.807, 2.05) is 18.7 Å². The van der Waals surface area contributed by atoms with Crippen LogP contribution in [0.3, 0.4) is 0 Å². The van der Waals surface area contributed by atoms with Crippen molar-refractivity contribution >= 4 is 5.91 Å². The second kappa shape index (κ2) is 5.95. The van der Waals surface area contributed by atoms with Crippen LogP contribution in [-0.2, 0) is 11.3 Å². The maximum absolute atomic E-state index is 12.1. The lowest BCUT2D eigenvalue weighted by Crippen LogP contribution is -2.46. The SMILES string of the molecule is Cc1nonc1CNC(C)C(=O)N1CCCCC1. The van der Waals surface area contributed by atoms with Gasteiger partial charge in [0.1, 0.15) is 11.4 Å². The van der Waals surface area contributed by atoms with Crippen molar-refractivity contribution in [2.45, 2.75) is 45.7 Å². The molecule has 1 unspecified atom stereocenters. The predicted molar refractivity (Wildman–Crippen MR) is 65.8 cm³/mol. The minimum atomic E-state index is -0.195. The van der Waals surface area contributed by atoms with E-state index in [-0.39, 0.29) is 11.9 Å². The molecule has 1 N–H and O–H groups in total. The van der Waals surface area contributed by atoms with Gasteiger partial charge in [-0.25, -0.2) is 4.63 Å². The van der Waals surface area contributed by atoms with Crippen molar-refractivity contribution in [2.24, 2.45) is 0 Å². The summed E-state index contributed by atoms with van der Waals surface area (Å²) in [6.45, 7) is 6.01. The predicted octanol–water partition coefficient (Wildman–Crippen LogP) is 0.869.